The van der Waals surface area contributed by atoms with Gasteiger partial charge in [-0.15, -0.1) is 0 Å². The summed E-state index contributed by atoms with van der Waals surface area (Å²) in [6.07, 6.45) is 2.86. The van der Waals surface area contributed by atoms with Crippen molar-refractivity contribution in [3.8, 4) is 0 Å². The largest absolute Gasteiger partial charge is 0.462 e. The van der Waals surface area contributed by atoms with E-state index in [4.69, 9.17) is 21.1 Å². The van der Waals surface area contributed by atoms with Crippen LogP contribution in [0.3, 0.4) is 0 Å². The average Bonchev–Trinajstić information content (AvgIpc) is 2.42. The molecule has 20 heavy (non-hydrogen) atoms. The van der Waals surface area contributed by atoms with Gasteiger partial charge in [0.25, 0.3) is 0 Å². The lowest BCUT2D eigenvalue weighted by Gasteiger charge is -2.10. The summed E-state index contributed by atoms with van der Waals surface area (Å²) >= 11 is 5.61. The third kappa shape index (κ3) is 5.21. The van der Waals surface area contributed by atoms with Crippen molar-refractivity contribution in [3.63, 3.8) is 0 Å². The van der Waals surface area contributed by atoms with Gasteiger partial charge in [0, 0.05) is 0 Å². The fraction of sp³-hybridized carbons (Fsp3) is 0.467. The standard InChI is InChI=1S/C15H19ClO4/c1-3-4-7-10-19-14(17)12-8-5-6-9-13(12)15(18)20-11(2)16/h5-6,8-9,11H,3-4,7,10H2,1-2H3. The van der Waals surface area contributed by atoms with E-state index in [1.54, 1.807) is 12.1 Å². The van der Waals surface area contributed by atoms with E-state index < -0.39 is 17.5 Å². The number of hydrogen-bond donors (Lipinski definition) is 0. The van der Waals surface area contributed by atoms with E-state index in [1.165, 1.54) is 19.1 Å². The van der Waals surface area contributed by atoms with E-state index >= 15 is 0 Å². The molecule has 0 N–H and O–H groups in total. The molecule has 5 heteroatoms. The van der Waals surface area contributed by atoms with Gasteiger partial charge < -0.3 is 9.47 Å². The summed E-state index contributed by atoms with van der Waals surface area (Å²) in [5.41, 5.74) is -0.386. The molecule has 0 saturated carbocycles. The molecule has 1 atom stereocenters. The second-order valence-corrected chi connectivity index (χ2v) is 4.95. The Hall–Kier alpha value is -1.55. The molecule has 0 spiro atoms. The molecule has 0 aliphatic heterocycles. The topological polar surface area (TPSA) is 52.6 Å². The van der Waals surface area contributed by atoms with Gasteiger partial charge >= 0.3 is 11.9 Å². The summed E-state index contributed by atoms with van der Waals surface area (Å²) < 4.78 is 10.0. The van der Waals surface area contributed by atoms with Gasteiger partial charge in [-0.2, -0.15) is 0 Å². The first-order valence-corrected chi connectivity index (χ1v) is 7.11. The first-order valence-electron chi connectivity index (χ1n) is 6.67. The molecule has 1 rings (SSSR count). The average molecular weight is 299 g/mol. The van der Waals surface area contributed by atoms with Crippen molar-refractivity contribution in [2.45, 2.75) is 38.7 Å². The predicted molar refractivity (Wildman–Crippen MR) is 77.0 cm³/mol. The highest BCUT2D eigenvalue weighted by molar-refractivity contribution is 6.20. The van der Waals surface area contributed by atoms with Gasteiger partial charge in [0.15, 0.2) is 5.56 Å². The Balaban J connectivity index is 2.74. The number of halogens is 1. The molecule has 1 aromatic carbocycles. The molecule has 110 valence electrons. The third-order valence-electron chi connectivity index (χ3n) is 2.62. The van der Waals surface area contributed by atoms with Gasteiger partial charge in [-0.1, -0.05) is 43.5 Å². The minimum atomic E-state index is -0.754. The molecule has 0 bridgehead atoms. The van der Waals surface area contributed by atoms with Crippen LogP contribution in [0.1, 0.15) is 53.8 Å². The molecule has 0 radical (unpaired) electrons. The lowest BCUT2D eigenvalue weighted by Crippen LogP contribution is -2.16. The van der Waals surface area contributed by atoms with Crippen LogP contribution in [0.25, 0.3) is 0 Å². The summed E-state index contributed by atoms with van der Waals surface area (Å²) in [5.74, 6) is -1.15. The van der Waals surface area contributed by atoms with Crippen molar-refractivity contribution in [3.05, 3.63) is 35.4 Å². The van der Waals surface area contributed by atoms with Crippen molar-refractivity contribution in [1.82, 2.24) is 0 Å². The van der Waals surface area contributed by atoms with E-state index in [2.05, 4.69) is 6.92 Å². The molecule has 1 unspecified atom stereocenters. The Morgan fingerprint density at radius 1 is 1.15 bits per heavy atom. The van der Waals surface area contributed by atoms with Crippen LogP contribution in [0.15, 0.2) is 24.3 Å². The molecule has 0 fully saturated rings. The Morgan fingerprint density at radius 2 is 1.75 bits per heavy atom. The van der Waals surface area contributed by atoms with Crippen molar-refractivity contribution in [2.75, 3.05) is 6.61 Å². The maximum Gasteiger partial charge on any atom is 0.340 e. The fourth-order valence-electron chi connectivity index (χ4n) is 1.64. The maximum atomic E-state index is 12.0. The van der Waals surface area contributed by atoms with Gasteiger partial charge in [0.1, 0.15) is 0 Å². The molecule has 0 aliphatic rings. The van der Waals surface area contributed by atoms with Crippen LogP contribution >= 0.6 is 11.6 Å². The lowest BCUT2D eigenvalue weighted by molar-refractivity contribution is 0.0435. The van der Waals surface area contributed by atoms with Crippen LogP contribution in [-0.4, -0.2) is 24.1 Å². The van der Waals surface area contributed by atoms with E-state index in [0.717, 1.165) is 19.3 Å². The Bertz CT molecular complexity index is 457. The molecule has 4 nitrogen and oxygen atoms in total. The van der Waals surface area contributed by atoms with Crippen LogP contribution in [0, 0.1) is 0 Å². The monoisotopic (exact) mass is 298 g/mol. The van der Waals surface area contributed by atoms with Crippen LogP contribution in [0.4, 0.5) is 0 Å². The van der Waals surface area contributed by atoms with Crippen LogP contribution in [-0.2, 0) is 9.47 Å². The number of carbonyl (C=O) groups excluding carboxylic acids is 2. The summed E-state index contributed by atoms with van der Waals surface area (Å²) in [4.78, 5) is 23.8. The molecule has 0 aromatic heterocycles. The number of alkyl halides is 1. The Morgan fingerprint density at radius 3 is 2.30 bits per heavy atom. The SMILES string of the molecule is CCCCCOC(=O)c1ccccc1C(=O)OC(C)Cl. The minimum Gasteiger partial charge on any atom is -0.462 e. The smallest absolute Gasteiger partial charge is 0.340 e. The third-order valence-corrected chi connectivity index (χ3v) is 2.71. The maximum absolute atomic E-state index is 12.0. The van der Waals surface area contributed by atoms with Crippen molar-refractivity contribution in [1.29, 1.82) is 0 Å². The van der Waals surface area contributed by atoms with Crippen LogP contribution < -0.4 is 0 Å². The summed E-state index contributed by atoms with van der Waals surface area (Å²) in [6.45, 7) is 3.95. The first kappa shape index (κ1) is 16.5. The number of benzene rings is 1. The van der Waals surface area contributed by atoms with Crippen LogP contribution in [0.2, 0.25) is 0 Å². The van der Waals surface area contributed by atoms with Crippen molar-refractivity contribution >= 4 is 23.5 Å². The molecular formula is C15H19ClO4. The van der Waals surface area contributed by atoms with E-state index in [0.29, 0.717) is 6.61 Å². The summed E-state index contributed by atoms with van der Waals surface area (Å²) in [5, 5.41) is 0. The quantitative estimate of drug-likeness (QED) is 0.437. The highest BCUT2D eigenvalue weighted by Crippen LogP contribution is 2.14. The second kappa shape index (κ2) is 8.59. The van der Waals surface area contributed by atoms with E-state index in [1.807, 2.05) is 0 Å². The number of rotatable bonds is 7. The Kier molecular flexibility index (Phi) is 7.09. The van der Waals surface area contributed by atoms with Gasteiger partial charge in [-0.3, -0.25) is 0 Å². The normalized spacial score (nSPS) is 11.8. The molecule has 0 saturated heterocycles. The number of carbonyl (C=O) groups is 2. The van der Waals surface area contributed by atoms with Crippen LogP contribution in [0.5, 0.6) is 0 Å². The molecule has 0 aliphatic carbocycles. The minimum absolute atomic E-state index is 0.167. The molecule has 1 aromatic rings. The zero-order valence-electron chi connectivity index (χ0n) is 11.7. The number of ether oxygens (including phenoxy) is 2. The highest BCUT2D eigenvalue weighted by atomic mass is 35.5. The fourth-order valence-corrected chi connectivity index (χ4v) is 1.73. The highest BCUT2D eigenvalue weighted by Gasteiger charge is 2.19. The van der Waals surface area contributed by atoms with E-state index in [9.17, 15) is 9.59 Å². The molecule has 0 amide bonds. The molecular weight excluding hydrogens is 280 g/mol. The first-order chi connectivity index (χ1) is 9.56. The summed E-state index contributed by atoms with van der Waals surface area (Å²) in [7, 11) is 0. The summed E-state index contributed by atoms with van der Waals surface area (Å²) in [6, 6.07) is 6.38. The number of hydrogen-bond acceptors (Lipinski definition) is 4. The zero-order valence-corrected chi connectivity index (χ0v) is 12.5. The molecule has 0 heterocycles. The number of esters is 2. The second-order valence-electron chi connectivity index (χ2n) is 4.34. The number of unbranched alkanes of at least 4 members (excludes halogenated alkanes) is 2. The van der Waals surface area contributed by atoms with E-state index in [-0.39, 0.29) is 11.1 Å². The predicted octanol–water partition coefficient (Wildman–Crippen LogP) is 3.78. The Labute approximate surface area is 124 Å². The van der Waals surface area contributed by atoms with Gasteiger partial charge in [-0.05, 0) is 25.5 Å². The zero-order chi connectivity index (χ0) is 15.0. The van der Waals surface area contributed by atoms with Crippen molar-refractivity contribution < 1.29 is 19.1 Å². The van der Waals surface area contributed by atoms with Crippen molar-refractivity contribution in [2.24, 2.45) is 0 Å². The lowest BCUT2D eigenvalue weighted by atomic mass is 10.1. The van der Waals surface area contributed by atoms with Gasteiger partial charge in [-0.25, -0.2) is 9.59 Å². The van der Waals surface area contributed by atoms with Gasteiger partial charge in [0.2, 0.25) is 0 Å². The van der Waals surface area contributed by atoms with Gasteiger partial charge in [0.05, 0.1) is 17.7 Å².